The highest BCUT2D eigenvalue weighted by Gasteiger charge is 2.47. The minimum Gasteiger partial charge on any atom is -0.388 e. The SMILES string of the molecule is CC(C)C1CCCCC1(O)C1NCCc2ccccc21. The molecule has 1 aromatic rings. The molecule has 3 rings (SSSR count). The Hall–Kier alpha value is -0.860. The van der Waals surface area contributed by atoms with E-state index in [1.165, 1.54) is 17.5 Å². The van der Waals surface area contributed by atoms with Crippen LogP contribution in [0.15, 0.2) is 24.3 Å². The summed E-state index contributed by atoms with van der Waals surface area (Å²) >= 11 is 0. The van der Waals surface area contributed by atoms with Gasteiger partial charge in [0, 0.05) is 0 Å². The predicted octanol–water partition coefficient (Wildman–Crippen LogP) is 3.45. The van der Waals surface area contributed by atoms with Gasteiger partial charge in [0.25, 0.3) is 0 Å². The molecule has 0 amide bonds. The maximum absolute atomic E-state index is 11.5. The van der Waals surface area contributed by atoms with E-state index in [1.54, 1.807) is 0 Å². The van der Waals surface area contributed by atoms with Crippen LogP contribution in [0.2, 0.25) is 0 Å². The van der Waals surface area contributed by atoms with Crippen LogP contribution in [0.4, 0.5) is 0 Å². The van der Waals surface area contributed by atoms with Gasteiger partial charge in [-0.25, -0.2) is 0 Å². The van der Waals surface area contributed by atoms with Crippen molar-refractivity contribution in [3.05, 3.63) is 35.4 Å². The lowest BCUT2D eigenvalue weighted by Crippen LogP contribution is -2.54. The summed E-state index contributed by atoms with van der Waals surface area (Å²) in [5.41, 5.74) is 2.16. The van der Waals surface area contributed by atoms with Gasteiger partial charge in [-0.3, -0.25) is 0 Å². The van der Waals surface area contributed by atoms with Crippen molar-refractivity contribution in [2.75, 3.05) is 6.54 Å². The zero-order valence-electron chi connectivity index (χ0n) is 12.7. The van der Waals surface area contributed by atoms with E-state index in [2.05, 4.69) is 43.4 Å². The molecule has 1 aliphatic heterocycles. The van der Waals surface area contributed by atoms with E-state index in [9.17, 15) is 5.11 Å². The third-order valence-corrected chi connectivity index (χ3v) is 5.40. The van der Waals surface area contributed by atoms with E-state index in [4.69, 9.17) is 0 Å². The largest absolute Gasteiger partial charge is 0.388 e. The average Bonchev–Trinajstić information content (AvgIpc) is 2.46. The van der Waals surface area contributed by atoms with Crippen LogP contribution in [0, 0.1) is 11.8 Å². The standard InChI is InChI=1S/C18H27NO/c1-13(2)16-9-5-6-11-18(16,20)17-15-8-4-3-7-14(15)10-12-19-17/h3-4,7-8,13,16-17,19-20H,5-6,9-12H2,1-2H3. The summed E-state index contributed by atoms with van der Waals surface area (Å²) in [4.78, 5) is 0. The number of aliphatic hydroxyl groups is 1. The summed E-state index contributed by atoms with van der Waals surface area (Å²) in [6, 6.07) is 8.76. The quantitative estimate of drug-likeness (QED) is 0.865. The van der Waals surface area contributed by atoms with Crippen molar-refractivity contribution < 1.29 is 5.11 Å². The summed E-state index contributed by atoms with van der Waals surface area (Å²) in [7, 11) is 0. The maximum atomic E-state index is 11.5. The summed E-state index contributed by atoms with van der Waals surface area (Å²) in [6.45, 7) is 5.50. The molecule has 1 saturated carbocycles. The first kappa shape index (κ1) is 14.1. The monoisotopic (exact) mass is 273 g/mol. The molecule has 2 aliphatic rings. The first-order valence-electron chi connectivity index (χ1n) is 8.16. The molecule has 1 aromatic carbocycles. The highest BCUT2D eigenvalue weighted by atomic mass is 16.3. The van der Waals surface area contributed by atoms with E-state index >= 15 is 0 Å². The smallest absolute Gasteiger partial charge is 0.0872 e. The van der Waals surface area contributed by atoms with Gasteiger partial charge in [0.15, 0.2) is 0 Å². The van der Waals surface area contributed by atoms with Gasteiger partial charge in [0.1, 0.15) is 0 Å². The Morgan fingerprint density at radius 2 is 2.05 bits per heavy atom. The average molecular weight is 273 g/mol. The normalized spacial score (nSPS) is 34.0. The number of hydrogen-bond acceptors (Lipinski definition) is 2. The third kappa shape index (κ3) is 2.29. The molecule has 3 atom stereocenters. The van der Waals surface area contributed by atoms with Crippen LogP contribution >= 0.6 is 0 Å². The van der Waals surface area contributed by atoms with Crippen molar-refractivity contribution in [1.82, 2.24) is 5.32 Å². The van der Waals surface area contributed by atoms with Crippen molar-refractivity contribution in [3.63, 3.8) is 0 Å². The fourth-order valence-corrected chi connectivity index (χ4v) is 4.43. The van der Waals surface area contributed by atoms with Gasteiger partial charge < -0.3 is 10.4 Å². The van der Waals surface area contributed by atoms with Gasteiger partial charge in [-0.1, -0.05) is 51.0 Å². The second-order valence-corrected chi connectivity index (χ2v) is 6.92. The lowest BCUT2D eigenvalue weighted by molar-refractivity contribution is -0.0956. The van der Waals surface area contributed by atoms with Crippen LogP contribution in [0.5, 0.6) is 0 Å². The highest BCUT2D eigenvalue weighted by molar-refractivity contribution is 5.35. The maximum Gasteiger partial charge on any atom is 0.0872 e. The van der Waals surface area contributed by atoms with Crippen LogP contribution < -0.4 is 5.32 Å². The van der Waals surface area contributed by atoms with Crippen molar-refractivity contribution in [1.29, 1.82) is 0 Å². The van der Waals surface area contributed by atoms with Gasteiger partial charge in [-0.05, 0) is 48.8 Å². The Bertz CT molecular complexity index is 470. The lowest BCUT2D eigenvalue weighted by atomic mass is 9.64. The molecule has 3 unspecified atom stereocenters. The molecule has 0 spiro atoms. The number of hydrogen-bond donors (Lipinski definition) is 2. The second kappa shape index (κ2) is 5.50. The molecular formula is C18H27NO. The van der Waals surface area contributed by atoms with Gasteiger partial charge in [-0.2, -0.15) is 0 Å². The number of fused-ring (bicyclic) bond motifs is 1. The number of nitrogens with one attached hydrogen (secondary N) is 1. The number of benzene rings is 1. The zero-order chi connectivity index (χ0) is 14.2. The molecule has 2 N–H and O–H groups in total. The predicted molar refractivity (Wildman–Crippen MR) is 82.6 cm³/mol. The fraction of sp³-hybridized carbons (Fsp3) is 0.667. The molecule has 2 heteroatoms. The Morgan fingerprint density at radius 3 is 2.85 bits per heavy atom. The fourth-order valence-electron chi connectivity index (χ4n) is 4.43. The minimum absolute atomic E-state index is 0.111. The van der Waals surface area contributed by atoms with Crippen LogP contribution in [0.3, 0.4) is 0 Å². The van der Waals surface area contributed by atoms with Gasteiger partial charge in [0.05, 0.1) is 11.6 Å². The van der Waals surface area contributed by atoms with E-state index in [0.717, 1.165) is 32.2 Å². The Morgan fingerprint density at radius 1 is 1.25 bits per heavy atom. The highest BCUT2D eigenvalue weighted by Crippen LogP contribution is 2.46. The summed E-state index contributed by atoms with van der Waals surface area (Å²) in [5.74, 6) is 0.941. The minimum atomic E-state index is -0.580. The summed E-state index contributed by atoms with van der Waals surface area (Å²) < 4.78 is 0. The van der Waals surface area contributed by atoms with Crippen molar-refractivity contribution >= 4 is 0 Å². The Balaban J connectivity index is 1.98. The molecular weight excluding hydrogens is 246 g/mol. The van der Waals surface area contributed by atoms with Gasteiger partial charge in [-0.15, -0.1) is 0 Å². The van der Waals surface area contributed by atoms with Crippen LogP contribution in [-0.4, -0.2) is 17.3 Å². The number of rotatable bonds is 2. The van der Waals surface area contributed by atoms with Gasteiger partial charge in [0.2, 0.25) is 0 Å². The topological polar surface area (TPSA) is 32.3 Å². The summed E-state index contributed by atoms with van der Waals surface area (Å²) in [5, 5.41) is 15.1. The van der Waals surface area contributed by atoms with Gasteiger partial charge >= 0.3 is 0 Å². The van der Waals surface area contributed by atoms with E-state index < -0.39 is 5.60 Å². The third-order valence-electron chi connectivity index (χ3n) is 5.40. The van der Waals surface area contributed by atoms with E-state index in [-0.39, 0.29) is 6.04 Å². The first-order valence-corrected chi connectivity index (χ1v) is 8.16. The molecule has 1 fully saturated rings. The Labute approximate surface area is 122 Å². The van der Waals surface area contributed by atoms with Crippen LogP contribution in [0.1, 0.15) is 56.7 Å². The molecule has 1 aliphatic carbocycles. The molecule has 0 bridgehead atoms. The summed E-state index contributed by atoms with van der Waals surface area (Å²) in [6.07, 6.45) is 5.59. The van der Waals surface area contributed by atoms with E-state index in [0.29, 0.717) is 11.8 Å². The Kier molecular flexibility index (Phi) is 3.87. The van der Waals surface area contributed by atoms with Crippen LogP contribution in [-0.2, 0) is 6.42 Å². The van der Waals surface area contributed by atoms with Crippen molar-refractivity contribution in [2.45, 2.75) is 57.6 Å². The molecule has 2 nitrogen and oxygen atoms in total. The van der Waals surface area contributed by atoms with Crippen molar-refractivity contribution in [2.24, 2.45) is 11.8 Å². The molecule has 0 saturated heterocycles. The molecule has 1 heterocycles. The molecule has 20 heavy (non-hydrogen) atoms. The molecule has 0 radical (unpaired) electrons. The zero-order valence-corrected chi connectivity index (χ0v) is 12.7. The van der Waals surface area contributed by atoms with Crippen molar-refractivity contribution in [3.8, 4) is 0 Å². The van der Waals surface area contributed by atoms with Crippen LogP contribution in [0.25, 0.3) is 0 Å². The lowest BCUT2D eigenvalue weighted by Gasteiger charge is -2.49. The first-order chi connectivity index (χ1) is 9.63. The molecule has 110 valence electrons. The second-order valence-electron chi connectivity index (χ2n) is 6.92. The molecule has 0 aromatic heterocycles. The van der Waals surface area contributed by atoms with E-state index in [1.807, 2.05) is 0 Å².